The topological polar surface area (TPSA) is 125 Å². The number of nitrogens with zero attached hydrogens (tertiary/aromatic N) is 2. The van der Waals surface area contributed by atoms with Gasteiger partial charge in [-0.05, 0) is 36.1 Å². The highest BCUT2D eigenvalue weighted by atomic mass is 16.5. The Labute approximate surface area is 203 Å². The number of carboxylic acids is 1. The fourth-order valence-corrected chi connectivity index (χ4v) is 4.55. The summed E-state index contributed by atoms with van der Waals surface area (Å²) in [4.78, 5) is 45.6. The van der Waals surface area contributed by atoms with Crippen molar-refractivity contribution in [2.75, 3.05) is 13.2 Å². The standard InChI is InChI=1S/C26H28N4O5/c1-3-30(16(2)25(32)33)24(31)23(12-17-13-27-15-28-17)29-26(34)35-14-22-20-10-6-4-8-18(20)19-9-5-7-11-21(19)22/h4-11,13,15-16,22-23H,3,12,14H2,1-2H3,(H,27,28)(H,29,34)(H,32,33)/t16?,23-/m1/s1. The van der Waals surface area contributed by atoms with Gasteiger partial charge in [-0.15, -0.1) is 0 Å². The number of H-pyrrole nitrogens is 1. The van der Waals surface area contributed by atoms with Crippen LogP contribution in [0.2, 0.25) is 0 Å². The van der Waals surface area contributed by atoms with Crippen molar-refractivity contribution in [2.45, 2.75) is 38.3 Å². The molecule has 0 fully saturated rings. The second-order valence-electron chi connectivity index (χ2n) is 8.44. The molecule has 0 spiro atoms. The summed E-state index contributed by atoms with van der Waals surface area (Å²) >= 11 is 0. The van der Waals surface area contributed by atoms with Crippen molar-refractivity contribution < 1.29 is 24.2 Å². The van der Waals surface area contributed by atoms with Crippen LogP contribution < -0.4 is 5.32 Å². The molecule has 2 aromatic carbocycles. The molecule has 3 N–H and O–H groups in total. The Kier molecular flexibility index (Phi) is 7.14. The first kappa shape index (κ1) is 24.0. The highest BCUT2D eigenvalue weighted by Gasteiger charge is 2.33. The Morgan fingerprint density at radius 3 is 2.29 bits per heavy atom. The average molecular weight is 477 g/mol. The quantitative estimate of drug-likeness (QED) is 0.436. The van der Waals surface area contributed by atoms with Crippen LogP contribution in [-0.2, 0) is 20.7 Å². The van der Waals surface area contributed by atoms with Gasteiger partial charge in [0.15, 0.2) is 0 Å². The number of nitrogens with one attached hydrogen (secondary N) is 2. The molecule has 1 unspecified atom stereocenters. The lowest BCUT2D eigenvalue weighted by Crippen LogP contribution is -2.54. The first-order valence-electron chi connectivity index (χ1n) is 11.5. The maximum Gasteiger partial charge on any atom is 0.407 e. The first-order chi connectivity index (χ1) is 16.9. The van der Waals surface area contributed by atoms with Gasteiger partial charge in [0.25, 0.3) is 0 Å². The maximum atomic E-state index is 13.2. The minimum Gasteiger partial charge on any atom is -0.480 e. The molecule has 1 heterocycles. The van der Waals surface area contributed by atoms with E-state index in [1.54, 1.807) is 13.1 Å². The molecule has 1 aliphatic rings. The van der Waals surface area contributed by atoms with Crippen LogP contribution in [0, 0.1) is 0 Å². The molecule has 2 atom stereocenters. The van der Waals surface area contributed by atoms with E-state index in [-0.39, 0.29) is 25.5 Å². The van der Waals surface area contributed by atoms with E-state index in [2.05, 4.69) is 27.4 Å². The molecule has 4 rings (SSSR count). The van der Waals surface area contributed by atoms with E-state index in [1.165, 1.54) is 18.2 Å². The molecule has 0 saturated carbocycles. The van der Waals surface area contributed by atoms with E-state index < -0.39 is 30.1 Å². The van der Waals surface area contributed by atoms with Crippen molar-refractivity contribution in [2.24, 2.45) is 0 Å². The van der Waals surface area contributed by atoms with Gasteiger partial charge in [0.05, 0.1) is 6.33 Å². The van der Waals surface area contributed by atoms with Crippen molar-refractivity contribution >= 4 is 18.0 Å². The third-order valence-corrected chi connectivity index (χ3v) is 6.36. The normalized spacial score (nSPS) is 13.9. The van der Waals surface area contributed by atoms with Crippen molar-refractivity contribution in [3.63, 3.8) is 0 Å². The zero-order chi connectivity index (χ0) is 24.9. The number of carbonyl (C=O) groups is 3. The summed E-state index contributed by atoms with van der Waals surface area (Å²) in [5.41, 5.74) is 5.02. The second kappa shape index (κ2) is 10.4. The molecule has 9 nitrogen and oxygen atoms in total. The van der Waals surface area contributed by atoms with Gasteiger partial charge in [-0.25, -0.2) is 14.6 Å². The molecule has 35 heavy (non-hydrogen) atoms. The van der Waals surface area contributed by atoms with Gasteiger partial charge in [-0.3, -0.25) is 4.79 Å². The van der Waals surface area contributed by atoms with Crippen molar-refractivity contribution in [1.29, 1.82) is 0 Å². The van der Waals surface area contributed by atoms with Crippen LogP contribution in [0.4, 0.5) is 4.79 Å². The number of benzene rings is 2. The minimum absolute atomic E-state index is 0.105. The largest absolute Gasteiger partial charge is 0.480 e. The number of fused-ring (bicyclic) bond motifs is 3. The van der Waals surface area contributed by atoms with E-state index in [9.17, 15) is 19.5 Å². The molecule has 0 saturated heterocycles. The first-order valence-corrected chi connectivity index (χ1v) is 11.5. The highest BCUT2D eigenvalue weighted by molar-refractivity contribution is 5.89. The molecular formula is C26H28N4O5. The van der Waals surface area contributed by atoms with Gasteiger partial charge in [0, 0.05) is 30.8 Å². The van der Waals surface area contributed by atoms with E-state index in [4.69, 9.17) is 4.74 Å². The predicted octanol–water partition coefficient (Wildman–Crippen LogP) is 3.18. The zero-order valence-corrected chi connectivity index (χ0v) is 19.6. The fraction of sp³-hybridized carbons (Fsp3) is 0.308. The lowest BCUT2D eigenvalue weighted by atomic mass is 9.98. The van der Waals surface area contributed by atoms with Crippen LogP contribution in [0.25, 0.3) is 11.1 Å². The Hall–Kier alpha value is -4.14. The predicted molar refractivity (Wildman–Crippen MR) is 129 cm³/mol. The summed E-state index contributed by atoms with van der Waals surface area (Å²) in [6.45, 7) is 3.41. The van der Waals surface area contributed by atoms with Crippen LogP contribution in [0.1, 0.15) is 36.6 Å². The number of ether oxygens (including phenoxy) is 1. The molecule has 9 heteroatoms. The molecule has 1 aromatic heterocycles. The number of likely N-dealkylation sites (N-methyl/N-ethyl adjacent to an activating group) is 1. The highest BCUT2D eigenvalue weighted by Crippen LogP contribution is 2.44. The van der Waals surface area contributed by atoms with Crippen LogP contribution in [0.15, 0.2) is 61.1 Å². The number of rotatable bonds is 9. The Morgan fingerprint density at radius 2 is 1.74 bits per heavy atom. The molecule has 1 aliphatic carbocycles. The second-order valence-corrected chi connectivity index (χ2v) is 8.44. The van der Waals surface area contributed by atoms with Crippen LogP contribution in [0.5, 0.6) is 0 Å². The third kappa shape index (κ3) is 5.03. The number of aromatic nitrogens is 2. The minimum atomic E-state index is -1.12. The number of aromatic amines is 1. The summed E-state index contributed by atoms with van der Waals surface area (Å²) in [6.07, 6.45) is 2.40. The summed E-state index contributed by atoms with van der Waals surface area (Å²) in [5.74, 6) is -1.75. The van der Waals surface area contributed by atoms with Crippen molar-refractivity contribution in [3.8, 4) is 11.1 Å². The van der Waals surface area contributed by atoms with Crippen molar-refractivity contribution in [1.82, 2.24) is 20.2 Å². The smallest absolute Gasteiger partial charge is 0.407 e. The summed E-state index contributed by atoms with van der Waals surface area (Å²) in [5, 5.41) is 12.0. The lowest BCUT2D eigenvalue weighted by molar-refractivity contribution is -0.150. The van der Waals surface area contributed by atoms with E-state index in [0.717, 1.165) is 22.3 Å². The van der Waals surface area contributed by atoms with E-state index in [0.29, 0.717) is 5.69 Å². The number of hydrogen-bond acceptors (Lipinski definition) is 5. The van der Waals surface area contributed by atoms with Gasteiger partial charge in [-0.2, -0.15) is 0 Å². The molecule has 0 radical (unpaired) electrons. The lowest BCUT2D eigenvalue weighted by Gasteiger charge is -2.29. The molecule has 0 aliphatic heterocycles. The van der Waals surface area contributed by atoms with Crippen LogP contribution in [-0.4, -0.2) is 63.2 Å². The van der Waals surface area contributed by atoms with Crippen molar-refractivity contribution in [3.05, 3.63) is 77.9 Å². The van der Waals surface area contributed by atoms with Gasteiger partial charge in [0.1, 0.15) is 18.7 Å². The number of alkyl carbamates (subject to hydrolysis) is 1. The van der Waals surface area contributed by atoms with E-state index >= 15 is 0 Å². The number of carboxylic acid groups (broad SMARTS) is 1. The molecule has 2 amide bonds. The molecule has 182 valence electrons. The van der Waals surface area contributed by atoms with Gasteiger partial charge < -0.3 is 25.0 Å². The van der Waals surface area contributed by atoms with Gasteiger partial charge in [-0.1, -0.05) is 48.5 Å². The SMILES string of the molecule is CCN(C(=O)[C@@H](Cc1cnc[nH]1)NC(=O)OCC1c2ccccc2-c2ccccc21)C(C)C(=O)O. The average Bonchev–Trinajstić information content (AvgIpc) is 3.48. The number of hydrogen-bond donors (Lipinski definition) is 3. The Morgan fingerprint density at radius 1 is 1.11 bits per heavy atom. The Balaban J connectivity index is 1.48. The molecule has 0 bridgehead atoms. The van der Waals surface area contributed by atoms with Gasteiger partial charge in [0.2, 0.25) is 5.91 Å². The maximum absolute atomic E-state index is 13.2. The van der Waals surface area contributed by atoms with E-state index in [1.807, 2.05) is 36.4 Å². The molecular weight excluding hydrogens is 448 g/mol. The van der Waals surface area contributed by atoms with Gasteiger partial charge >= 0.3 is 12.1 Å². The third-order valence-electron chi connectivity index (χ3n) is 6.36. The number of imidazole rings is 1. The van der Waals surface area contributed by atoms with Crippen LogP contribution in [0.3, 0.4) is 0 Å². The monoisotopic (exact) mass is 476 g/mol. The molecule has 3 aromatic rings. The summed E-state index contributed by atoms with van der Waals surface area (Å²) < 4.78 is 5.60. The number of amides is 2. The number of aliphatic carboxylic acids is 1. The summed E-state index contributed by atoms with van der Waals surface area (Å²) in [6, 6.07) is 14.0. The Bertz CT molecular complexity index is 1160. The van der Waals surface area contributed by atoms with Crippen LogP contribution >= 0.6 is 0 Å². The fourth-order valence-electron chi connectivity index (χ4n) is 4.55. The zero-order valence-electron chi connectivity index (χ0n) is 19.6. The number of carbonyl (C=O) groups excluding carboxylic acids is 2. The summed E-state index contributed by atoms with van der Waals surface area (Å²) in [7, 11) is 0.